The van der Waals surface area contributed by atoms with Gasteiger partial charge in [-0.3, -0.25) is 19.2 Å². The lowest BCUT2D eigenvalue weighted by atomic mass is 9.99. The van der Waals surface area contributed by atoms with Crippen LogP contribution >= 0.6 is 27.7 Å². The van der Waals surface area contributed by atoms with Gasteiger partial charge in [0.05, 0.1) is 0 Å². The number of aryl methyl sites for hydroxylation is 1. The molecule has 33 heavy (non-hydrogen) atoms. The monoisotopic (exact) mass is 546 g/mol. The van der Waals surface area contributed by atoms with Crippen molar-refractivity contribution in [1.29, 1.82) is 0 Å². The third-order valence-corrected chi connectivity index (χ3v) is 6.21. The highest BCUT2D eigenvalue weighted by Gasteiger charge is 2.52. The van der Waals surface area contributed by atoms with E-state index in [0.717, 1.165) is 10.0 Å². The zero-order chi connectivity index (χ0) is 24.5. The van der Waals surface area contributed by atoms with Crippen molar-refractivity contribution >= 4 is 51.6 Å². The van der Waals surface area contributed by atoms with Gasteiger partial charge in [-0.2, -0.15) is 0 Å². The molecule has 11 heteroatoms. The van der Waals surface area contributed by atoms with Gasteiger partial charge in [0.25, 0.3) is 0 Å². The number of hydrogen-bond donors (Lipinski definition) is 0. The Bertz CT molecular complexity index is 845. The normalized spacial score (nSPS) is 24.5. The number of rotatable bonds is 9. The third-order valence-electron chi connectivity index (χ3n) is 4.53. The Balaban J connectivity index is 2.27. The highest BCUT2D eigenvalue weighted by Crippen LogP contribution is 2.34. The molecular weight excluding hydrogens is 520 g/mol. The lowest BCUT2D eigenvalue weighted by molar-refractivity contribution is -0.237. The van der Waals surface area contributed by atoms with E-state index in [1.807, 2.05) is 24.3 Å². The molecule has 1 heterocycles. The molecule has 1 aliphatic heterocycles. The molecule has 1 saturated heterocycles. The molecule has 182 valence electrons. The second-order valence-electron chi connectivity index (χ2n) is 7.31. The molecule has 1 aromatic carbocycles. The number of carbonyl (C=O) groups is 4. The highest BCUT2D eigenvalue weighted by atomic mass is 79.9. The molecule has 1 fully saturated rings. The molecule has 9 nitrogen and oxygen atoms in total. The van der Waals surface area contributed by atoms with Crippen LogP contribution in [0.2, 0.25) is 0 Å². The summed E-state index contributed by atoms with van der Waals surface area (Å²) in [6.07, 6.45) is -3.56. The molecule has 0 aliphatic carbocycles. The van der Waals surface area contributed by atoms with Crippen LogP contribution in [-0.4, -0.2) is 66.1 Å². The number of benzene rings is 1. The van der Waals surface area contributed by atoms with E-state index < -0.39 is 53.7 Å². The van der Waals surface area contributed by atoms with Crippen LogP contribution in [0.15, 0.2) is 28.7 Å². The summed E-state index contributed by atoms with van der Waals surface area (Å²) in [6.45, 7) is 4.61. The number of esters is 4. The molecule has 0 N–H and O–H groups in total. The highest BCUT2D eigenvalue weighted by molar-refractivity contribution is 9.10. The zero-order valence-corrected chi connectivity index (χ0v) is 21.2. The van der Waals surface area contributed by atoms with Gasteiger partial charge >= 0.3 is 23.9 Å². The first-order valence-electron chi connectivity index (χ1n) is 10.2. The van der Waals surface area contributed by atoms with Gasteiger partial charge in [0, 0.05) is 32.2 Å². The fourth-order valence-corrected chi connectivity index (χ4v) is 4.74. The lowest BCUT2D eigenvalue weighted by Crippen LogP contribution is -2.61. The average Bonchev–Trinajstić information content (AvgIpc) is 2.71. The largest absolute Gasteiger partial charge is 0.463 e. The van der Waals surface area contributed by atoms with Crippen molar-refractivity contribution in [3.63, 3.8) is 0 Å². The maximum absolute atomic E-state index is 11.8. The van der Waals surface area contributed by atoms with E-state index in [4.69, 9.17) is 23.7 Å². The molecule has 0 unspecified atom stereocenters. The molecule has 0 spiro atoms. The Morgan fingerprint density at radius 1 is 0.848 bits per heavy atom. The fraction of sp³-hybridized carbons (Fsp3) is 0.545. The van der Waals surface area contributed by atoms with E-state index in [1.165, 1.54) is 39.5 Å². The van der Waals surface area contributed by atoms with Gasteiger partial charge in [-0.15, -0.1) is 11.8 Å². The van der Waals surface area contributed by atoms with Gasteiger partial charge < -0.3 is 23.7 Å². The van der Waals surface area contributed by atoms with Crippen LogP contribution < -0.4 is 0 Å². The SMILES string of the molecule is CC(=O)OC[C@H]1O[C@@H](SCCc2ccc(Br)cc2)[C@H](OC(C)=O)[C@@H](OC(C)=O)[C@H]1OC(C)=O. The number of thioether (sulfide) groups is 1. The first-order chi connectivity index (χ1) is 15.6. The minimum Gasteiger partial charge on any atom is -0.463 e. The number of carbonyl (C=O) groups excluding carboxylic acids is 4. The van der Waals surface area contributed by atoms with Crippen LogP contribution in [-0.2, 0) is 49.3 Å². The molecule has 5 atom stereocenters. The van der Waals surface area contributed by atoms with Gasteiger partial charge in [-0.25, -0.2) is 0 Å². The maximum Gasteiger partial charge on any atom is 0.303 e. The van der Waals surface area contributed by atoms with Gasteiger partial charge in [-0.1, -0.05) is 28.1 Å². The van der Waals surface area contributed by atoms with E-state index in [9.17, 15) is 19.2 Å². The van der Waals surface area contributed by atoms with E-state index in [0.29, 0.717) is 12.2 Å². The van der Waals surface area contributed by atoms with E-state index in [1.54, 1.807) is 0 Å². The van der Waals surface area contributed by atoms with Crippen molar-refractivity contribution in [2.45, 2.75) is 64.0 Å². The van der Waals surface area contributed by atoms with Crippen LogP contribution in [0.1, 0.15) is 33.3 Å². The average molecular weight is 547 g/mol. The summed E-state index contributed by atoms with van der Waals surface area (Å²) in [5, 5.41) is 0. The van der Waals surface area contributed by atoms with E-state index in [2.05, 4.69) is 15.9 Å². The summed E-state index contributed by atoms with van der Waals surface area (Å²) in [6, 6.07) is 7.85. The fourth-order valence-electron chi connectivity index (χ4n) is 3.27. The topological polar surface area (TPSA) is 114 Å². The van der Waals surface area contributed by atoms with Gasteiger partial charge in [-0.05, 0) is 29.9 Å². The Hall–Kier alpha value is -2.11. The summed E-state index contributed by atoms with van der Waals surface area (Å²) in [4.78, 5) is 46.8. The lowest BCUT2D eigenvalue weighted by Gasteiger charge is -2.44. The molecule has 1 aromatic rings. The Labute approximate surface area is 204 Å². The smallest absolute Gasteiger partial charge is 0.303 e. The third kappa shape index (κ3) is 8.98. The minimum atomic E-state index is -1.14. The summed E-state index contributed by atoms with van der Waals surface area (Å²) in [7, 11) is 0. The second-order valence-corrected chi connectivity index (χ2v) is 9.44. The van der Waals surface area contributed by atoms with E-state index in [-0.39, 0.29) is 6.61 Å². The number of hydrogen-bond acceptors (Lipinski definition) is 10. The minimum absolute atomic E-state index is 0.235. The zero-order valence-electron chi connectivity index (χ0n) is 18.8. The van der Waals surface area contributed by atoms with Crippen LogP contribution in [0.4, 0.5) is 0 Å². The van der Waals surface area contributed by atoms with Gasteiger partial charge in [0.15, 0.2) is 18.3 Å². The van der Waals surface area contributed by atoms with Crippen LogP contribution in [0, 0.1) is 0 Å². The van der Waals surface area contributed by atoms with Crippen molar-refractivity contribution in [3.05, 3.63) is 34.3 Å². The first kappa shape index (κ1) is 27.1. The van der Waals surface area contributed by atoms with Crippen molar-refractivity contribution in [2.24, 2.45) is 0 Å². The maximum atomic E-state index is 11.8. The Morgan fingerprint density at radius 2 is 1.39 bits per heavy atom. The molecule has 0 amide bonds. The van der Waals surface area contributed by atoms with Gasteiger partial charge in [0.2, 0.25) is 0 Å². The molecule has 1 aliphatic rings. The Kier molecular flexibility index (Phi) is 10.6. The molecule has 2 rings (SSSR count). The van der Waals surface area contributed by atoms with Crippen molar-refractivity contribution < 1.29 is 42.9 Å². The van der Waals surface area contributed by atoms with Crippen molar-refractivity contribution in [2.75, 3.05) is 12.4 Å². The molecule has 0 aromatic heterocycles. The van der Waals surface area contributed by atoms with Crippen LogP contribution in [0.5, 0.6) is 0 Å². The van der Waals surface area contributed by atoms with Crippen LogP contribution in [0.3, 0.4) is 0 Å². The predicted octanol–water partition coefficient (Wildman–Crippen LogP) is 2.81. The standard InChI is InChI=1S/C22H27BrO9S/c1-12(24)28-11-18-19(29-13(2)25)20(30-14(3)26)21(31-15(4)27)22(32-18)33-10-9-16-5-7-17(23)8-6-16/h5-8,18-22H,9-11H2,1-4H3/t18-,19+,20+,21-,22+/m1/s1. The Morgan fingerprint density at radius 3 is 1.94 bits per heavy atom. The quantitative estimate of drug-likeness (QED) is 0.338. The summed E-state index contributed by atoms with van der Waals surface area (Å²) in [5.41, 5.74) is 0.331. The van der Waals surface area contributed by atoms with Crippen molar-refractivity contribution in [3.8, 4) is 0 Å². The summed E-state index contributed by atoms with van der Waals surface area (Å²) in [5.74, 6) is -1.88. The van der Waals surface area contributed by atoms with Gasteiger partial charge in [0.1, 0.15) is 18.1 Å². The first-order valence-corrected chi connectivity index (χ1v) is 12.1. The van der Waals surface area contributed by atoms with Crippen molar-refractivity contribution in [1.82, 2.24) is 0 Å². The number of ether oxygens (including phenoxy) is 5. The molecular formula is C22H27BrO9S. The summed E-state index contributed by atoms with van der Waals surface area (Å²) < 4.78 is 28.4. The molecule has 0 bridgehead atoms. The number of halogens is 1. The van der Waals surface area contributed by atoms with E-state index >= 15 is 0 Å². The molecule has 0 saturated carbocycles. The van der Waals surface area contributed by atoms with Crippen LogP contribution in [0.25, 0.3) is 0 Å². The second kappa shape index (κ2) is 13.0. The summed E-state index contributed by atoms with van der Waals surface area (Å²) >= 11 is 4.75. The molecule has 0 radical (unpaired) electrons. The predicted molar refractivity (Wildman–Crippen MR) is 122 cm³/mol.